The normalized spacial score (nSPS) is 12.2. The van der Waals surface area contributed by atoms with Gasteiger partial charge in [0.05, 0.1) is 0 Å². The smallest absolute Gasteiger partial charge is 0.405 e. The van der Waals surface area contributed by atoms with Crippen molar-refractivity contribution in [1.82, 2.24) is 0 Å². The summed E-state index contributed by atoms with van der Waals surface area (Å²) in [6.45, 7) is 1.51. The Bertz CT molecular complexity index is 148. The van der Waals surface area contributed by atoms with E-state index in [1.807, 2.05) is 0 Å². The Labute approximate surface area is 57.1 Å². The Hall–Kier alpha value is -1.13. The molecule has 5 heteroatoms. The molecule has 2 N–H and O–H groups in total. The molecule has 0 aliphatic rings. The molecule has 0 fully saturated rings. The van der Waals surface area contributed by atoms with E-state index >= 15 is 0 Å². The standard InChI is InChI=1S/C5H8FNO3/c1-2-3(4(6)8)10-5(7)9/h3H,2H2,1H3,(H2,7,9)/t3-/m0/s1. The monoisotopic (exact) mass is 149 g/mol. The zero-order chi connectivity index (χ0) is 8.15. The van der Waals surface area contributed by atoms with E-state index < -0.39 is 18.2 Å². The zero-order valence-corrected chi connectivity index (χ0v) is 5.46. The van der Waals surface area contributed by atoms with Crippen LogP contribution in [0.25, 0.3) is 0 Å². The third kappa shape index (κ3) is 3.01. The van der Waals surface area contributed by atoms with Crippen LogP contribution in [0, 0.1) is 0 Å². The molecule has 0 spiro atoms. The topological polar surface area (TPSA) is 69.4 Å². The molecule has 0 aromatic heterocycles. The lowest BCUT2D eigenvalue weighted by atomic mass is 10.3. The maximum atomic E-state index is 11.8. The second-order valence-corrected chi connectivity index (χ2v) is 1.64. The maximum Gasteiger partial charge on any atom is 0.405 e. The third-order valence-corrected chi connectivity index (χ3v) is 0.882. The summed E-state index contributed by atoms with van der Waals surface area (Å²) in [4.78, 5) is 19.9. The Balaban J connectivity index is 3.83. The third-order valence-electron chi connectivity index (χ3n) is 0.882. The molecule has 0 aliphatic heterocycles. The largest absolute Gasteiger partial charge is 0.435 e. The van der Waals surface area contributed by atoms with Crippen molar-refractivity contribution in [1.29, 1.82) is 0 Å². The van der Waals surface area contributed by atoms with Gasteiger partial charge >= 0.3 is 12.1 Å². The maximum absolute atomic E-state index is 11.8. The van der Waals surface area contributed by atoms with E-state index in [1.54, 1.807) is 0 Å². The van der Waals surface area contributed by atoms with Crippen LogP contribution in [0.3, 0.4) is 0 Å². The van der Waals surface area contributed by atoms with E-state index in [9.17, 15) is 14.0 Å². The van der Waals surface area contributed by atoms with Gasteiger partial charge < -0.3 is 10.5 Å². The van der Waals surface area contributed by atoms with Crippen molar-refractivity contribution in [3.63, 3.8) is 0 Å². The van der Waals surface area contributed by atoms with E-state index in [4.69, 9.17) is 0 Å². The van der Waals surface area contributed by atoms with Crippen LogP contribution < -0.4 is 5.73 Å². The van der Waals surface area contributed by atoms with Crippen molar-refractivity contribution in [3.8, 4) is 0 Å². The first-order valence-electron chi connectivity index (χ1n) is 2.73. The molecule has 58 valence electrons. The summed E-state index contributed by atoms with van der Waals surface area (Å²) in [7, 11) is 0. The fourth-order valence-corrected chi connectivity index (χ4v) is 0.430. The minimum absolute atomic E-state index is 0.0955. The minimum atomic E-state index is -1.68. The fourth-order valence-electron chi connectivity index (χ4n) is 0.430. The van der Waals surface area contributed by atoms with Crippen LogP contribution in [0.2, 0.25) is 0 Å². The fraction of sp³-hybridized carbons (Fsp3) is 0.600. The molecule has 0 saturated heterocycles. The first kappa shape index (κ1) is 8.87. The summed E-state index contributed by atoms with van der Waals surface area (Å²) >= 11 is 0. The molecule has 0 bridgehead atoms. The van der Waals surface area contributed by atoms with Crippen LogP contribution in [0.15, 0.2) is 0 Å². The Morgan fingerprint density at radius 2 is 2.20 bits per heavy atom. The number of nitrogens with two attached hydrogens (primary N) is 1. The number of rotatable bonds is 3. The summed E-state index contributed by atoms with van der Waals surface area (Å²) in [6.07, 6.45) is -2.38. The van der Waals surface area contributed by atoms with Gasteiger partial charge in [-0.15, -0.1) is 0 Å². The molecule has 0 aliphatic carbocycles. The van der Waals surface area contributed by atoms with Crippen molar-refractivity contribution in [2.75, 3.05) is 0 Å². The molecular weight excluding hydrogens is 141 g/mol. The predicted molar refractivity (Wildman–Crippen MR) is 30.9 cm³/mol. The van der Waals surface area contributed by atoms with Crippen LogP contribution in [0.5, 0.6) is 0 Å². The summed E-state index contributed by atoms with van der Waals surface area (Å²) in [5.41, 5.74) is 4.53. The van der Waals surface area contributed by atoms with Crippen molar-refractivity contribution in [3.05, 3.63) is 0 Å². The lowest BCUT2D eigenvalue weighted by Crippen LogP contribution is -2.26. The highest BCUT2D eigenvalue weighted by Crippen LogP contribution is 1.99. The first-order valence-corrected chi connectivity index (χ1v) is 2.73. The van der Waals surface area contributed by atoms with Gasteiger partial charge in [-0.1, -0.05) is 6.92 Å². The number of carbonyl (C=O) groups excluding carboxylic acids is 2. The molecule has 0 rings (SSSR count). The van der Waals surface area contributed by atoms with Crippen LogP contribution in [0.4, 0.5) is 9.18 Å². The van der Waals surface area contributed by atoms with Crippen LogP contribution in [-0.4, -0.2) is 18.2 Å². The summed E-state index contributed by atoms with van der Waals surface area (Å²) < 4.78 is 15.8. The first-order chi connectivity index (χ1) is 4.57. The van der Waals surface area contributed by atoms with Gasteiger partial charge in [0.1, 0.15) is 0 Å². The van der Waals surface area contributed by atoms with Gasteiger partial charge in [-0.2, -0.15) is 4.39 Å². The average molecular weight is 149 g/mol. The van der Waals surface area contributed by atoms with E-state index in [-0.39, 0.29) is 6.42 Å². The van der Waals surface area contributed by atoms with E-state index in [0.717, 1.165) is 0 Å². The molecular formula is C5H8FNO3. The van der Waals surface area contributed by atoms with Crippen LogP contribution in [0.1, 0.15) is 13.3 Å². The molecule has 0 heterocycles. The number of amides is 1. The second-order valence-electron chi connectivity index (χ2n) is 1.64. The predicted octanol–water partition coefficient (Wildman–Crippen LogP) is 0.356. The zero-order valence-electron chi connectivity index (χ0n) is 5.46. The number of hydrogen-bond donors (Lipinski definition) is 1. The summed E-state index contributed by atoms with van der Waals surface area (Å²) in [5, 5.41) is 0. The number of hydrogen-bond acceptors (Lipinski definition) is 3. The lowest BCUT2D eigenvalue weighted by molar-refractivity contribution is -0.138. The Morgan fingerprint density at radius 1 is 1.70 bits per heavy atom. The van der Waals surface area contributed by atoms with E-state index in [0.29, 0.717) is 0 Å². The van der Waals surface area contributed by atoms with Crippen LogP contribution in [-0.2, 0) is 9.53 Å². The van der Waals surface area contributed by atoms with Gasteiger partial charge in [-0.3, -0.25) is 4.79 Å². The van der Waals surface area contributed by atoms with Crippen molar-refractivity contribution >= 4 is 12.1 Å². The van der Waals surface area contributed by atoms with Crippen LogP contribution >= 0.6 is 0 Å². The van der Waals surface area contributed by atoms with Gasteiger partial charge in [0, 0.05) is 0 Å². The lowest BCUT2D eigenvalue weighted by Gasteiger charge is -2.06. The van der Waals surface area contributed by atoms with Crippen molar-refractivity contribution in [2.24, 2.45) is 5.73 Å². The molecule has 1 atom stereocenters. The SMILES string of the molecule is CC[C@H](OC(N)=O)C(=O)F. The Kier molecular flexibility index (Phi) is 3.38. The molecule has 0 radical (unpaired) electrons. The number of carbonyl (C=O) groups is 2. The molecule has 0 aromatic rings. The molecule has 0 saturated carbocycles. The highest BCUT2D eigenvalue weighted by molar-refractivity contribution is 5.77. The minimum Gasteiger partial charge on any atom is -0.435 e. The van der Waals surface area contributed by atoms with Crippen molar-refractivity contribution in [2.45, 2.75) is 19.4 Å². The summed E-state index contributed by atoms with van der Waals surface area (Å²) in [6, 6.07) is -1.68. The average Bonchev–Trinajstić information content (AvgIpc) is 1.81. The van der Waals surface area contributed by atoms with E-state index in [2.05, 4.69) is 10.5 Å². The summed E-state index contributed by atoms with van der Waals surface area (Å²) in [5.74, 6) is 0. The second kappa shape index (κ2) is 3.81. The van der Waals surface area contributed by atoms with Gasteiger partial charge in [0.25, 0.3) is 0 Å². The van der Waals surface area contributed by atoms with Gasteiger partial charge in [-0.05, 0) is 6.42 Å². The molecule has 0 unspecified atom stereocenters. The van der Waals surface area contributed by atoms with Gasteiger partial charge in [0.15, 0.2) is 6.10 Å². The number of ether oxygens (including phenoxy) is 1. The number of primary amides is 1. The quantitative estimate of drug-likeness (QED) is 0.589. The van der Waals surface area contributed by atoms with Crippen molar-refractivity contribution < 1.29 is 18.7 Å². The van der Waals surface area contributed by atoms with Gasteiger partial charge in [-0.25, -0.2) is 4.79 Å². The van der Waals surface area contributed by atoms with E-state index in [1.165, 1.54) is 6.92 Å². The molecule has 0 aromatic carbocycles. The Morgan fingerprint density at radius 3 is 2.30 bits per heavy atom. The number of halogens is 1. The highest BCUT2D eigenvalue weighted by atomic mass is 19.1. The highest BCUT2D eigenvalue weighted by Gasteiger charge is 2.18. The molecule has 10 heavy (non-hydrogen) atoms. The van der Waals surface area contributed by atoms with Gasteiger partial charge in [0.2, 0.25) is 0 Å². The molecule has 4 nitrogen and oxygen atoms in total. The molecule has 1 amide bonds.